The van der Waals surface area contributed by atoms with Crippen LogP contribution in [0.4, 0.5) is 5.69 Å². The molecule has 0 bridgehead atoms. The van der Waals surface area contributed by atoms with E-state index in [9.17, 15) is 8.42 Å². The first-order valence-electron chi connectivity index (χ1n) is 6.11. The van der Waals surface area contributed by atoms with E-state index in [2.05, 4.69) is 19.9 Å². The van der Waals surface area contributed by atoms with E-state index in [4.69, 9.17) is 5.73 Å². The van der Waals surface area contributed by atoms with Crippen molar-refractivity contribution in [3.05, 3.63) is 35.4 Å². The Kier molecular flexibility index (Phi) is 4.05. The molecule has 0 saturated carbocycles. The minimum absolute atomic E-state index is 0.251. The molecular weight excluding hydrogens is 278 g/mol. The van der Waals surface area contributed by atoms with Gasteiger partial charge in [-0.2, -0.15) is 5.10 Å². The summed E-state index contributed by atoms with van der Waals surface area (Å²) < 4.78 is 27.2. The minimum atomic E-state index is -3.56. The zero-order chi connectivity index (χ0) is 14.8. The summed E-state index contributed by atoms with van der Waals surface area (Å²) >= 11 is 0. The van der Waals surface area contributed by atoms with Crippen LogP contribution in [0.2, 0.25) is 0 Å². The maximum Gasteiger partial charge on any atom is 0.241 e. The molecule has 0 radical (unpaired) electrons. The summed E-state index contributed by atoms with van der Waals surface area (Å²) in [6, 6.07) is 3.30. The van der Waals surface area contributed by atoms with E-state index in [0.29, 0.717) is 29.1 Å². The number of rotatable bonds is 5. The number of H-pyrrole nitrogens is 1. The highest BCUT2D eigenvalue weighted by Crippen LogP contribution is 2.22. The van der Waals surface area contributed by atoms with Gasteiger partial charge in [0, 0.05) is 18.7 Å². The van der Waals surface area contributed by atoms with Gasteiger partial charge in [0.05, 0.1) is 4.90 Å². The molecule has 0 aliphatic rings. The third-order valence-corrected chi connectivity index (χ3v) is 4.64. The van der Waals surface area contributed by atoms with Crippen molar-refractivity contribution in [3.8, 4) is 0 Å². The number of hydrogen-bond acceptors (Lipinski definition) is 5. The number of aromatic amines is 1. The van der Waals surface area contributed by atoms with Crippen molar-refractivity contribution in [3.63, 3.8) is 0 Å². The topological polar surface area (TPSA) is 114 Å². The van der Waals surface area contributed by atoms with Gasteiger partial charge in [-0.15, -0.1) is 0 Å². The lowest BCUT2D eigenvalue weighted by atomic mass is 10.1. The van der Waals surface area contributed by atoms with Crippen molar-refractivity contribution in [2.75, 3.05) is 12.3 Å². The van der Waals surface area contributed by atoms with Crippen LogP contribution in [-0.4, -0.2) is 30.1 Å². The predicted molar refractivity (Wildman–Crippen MR) is 75.6 cm³/mol. The highest BCUT2D eigenvalue weighted by molar-refractivity contribution is 7.89. The Morgan fingerprint density at radius 3 is 2.50 bits per heavy atom. The molecule has 2 rings (SSSR count). The fourth-order valence-electron chi connectivity index (χ4n) is 2.13. The number of anilines is 1. The number of nitrogens with two attached hydrogens (primary N) is 1. The van der Waals surface area contributed by atoms with Crippen molar-refractivity contribution in [2.24, 2.45) is 0 Å². The Labute approximate surface area is 117 Å². The molecule has 0 saturated heterocycles. The average Bonchev–Trinajstić information content (AvgIpc) is 2.79. The first kappa shape index (κ1) is 14.5. The number of benzene rings is 1. The number of nitrogen functional groups attached to an aromatic ring is 1. The van der Waals surface area contributed by atoms with Crippen molar-refractivity contribution in [2.45, 2.75) is 25.2 Å². The molecule has 1 aromatic heterocycles. The molecule has 4 N–H and O–H groups in total. The zero-order valence-corrected chi connectivity index (χ0v) is 12.2. The summed E-state index contributed by atoms with van der Waals surface area (Å²) in [7, 11) is -3.56. The summed E-state index contributed by atoms with van der Waals surface area (Å²) in [5.74, 6) is 0.637. The van der Waals surface area contributed by atoms with Crippen LogP contribution in [0.1, 0.15) is 17.0 Å². The molecule has 0 aliphatic heterocycles. The molecule has 108 valence electrons. The standard InChI is InChI=1S/C12H17N5O2S/c1-8-5-10(13)6-9(2)12(8)20(18,19)16-4-3-11-14-7-15-17-11/h5-7,16H,3-4,13H2,1-2H3,(H,14,15,17). The molecule has 0 amide bonds. The molecule has 1 aromatic carbocycles. The Morgan fingerprint density at radius 1 is 1.30 bits per heavy atom. The van der Waals surface area contributed by atoms with E-state index in [-0.39, 0.29) is 11.4 Å². The molecule has 1 heterocycles. The SMILES string of the molecule is Cc1cc(N)cc(C)c1S(=O)(=O)NCCc1ncn[nH]1. The number of nitrogens with one attached hydrogen (secondary N) is 2. The second-order valence-electron chi connectivity index (χ2n) is 4.56. The van der Waals surface area contributed by atoms with Gasteiger partial charge in [-0.25, -0.2) is 18.1 Å². The minimum Gasteiger partial charge on any atom is -0.399 e. The van der Waals surface area contributed by atoms with Crippen LogP contribution in [0.15, 0.2) is 23.4 Å². The van der Waals surface area contributed by atoms with Crippen LogP contribution in [0.25, 0.3) is 0 Å². The van der Waals surface area contributed by atoms with Gasteiger partial charge in [0.2, 0.25) is 10.0 Å². The normalized spacial score (nSPS) is 11.7. The third-order valence-electron chi connectivity index (χ3n) is 2.87. The molecule has 7 nitrogen and oxygen atoms in total. The summed E-state index contributed by atoms with van der Waals surface area (Å²) in [5, 5.41) is 6.39. The van der Waals surface area contributed by atoms with Gasteiger partial charge in [-0.3, -0.25) is 5.10 Å². The first-order valence-corrected chi connectivity index (χ1v) is 7.59. The monoisotopic (exact) mass is 295 g/mol. The molecule has 8 heteroatoms. The number of nitrogens with zero attached hydrogens (tertiary/aromatic N) is 2. The Bertz CT molecular complexity index is 672. The van der Waals surface area contributed by atoms with Crippen LogP contribution >= 0.6 is 0 Å². The number of aryl methyl sites for hydroxylation is 2. The summed E-state index contributed by atoms with van der Waals surface area (Å²) in [4.78, 5) is 4.22. The fraction of sp³-hybridized carbons (Fsp3) is 0.333. The molecule has 0 spiro atoms. The van der Waals surface area contributed by atoms with E-state index in [1.165, 1.54) is 6.33 Å². The van der Waals surface area contributed by atoms with E-state index in [0.717, 1.165) is 0 Å². The predicted octanol–water partition coefficient (Wildman–Crippen LogP) is 0.525. The highest BCUT2D eigenvalue weighted by Gasteiger charge is 2.19. The van der Waals surface area contributed by atoms with Gasteiger partial charge in [0.1, 0.15) is 12.2 Å². The Balaban J connectivity index is 2.14. The molecule has 0 aliphatic carbocycles. The summed E-state index contributed by atoms with van der Waals surface area (Å²) in [6.07, 6.45) is 1.84. The van der Waals surface area contributed by atoms with Gasteiger partial charge in [-0.05, 0) is 37.1 Å². The second kappa shape index (κ2) is 5.59. The van der Waals surface area contributed by atoms with E-state index in [1.54, 1.807) is 26.0 Å². The smallest absolute Gasteiger partial charge is 0.241 e. The lowest BCUT2D eigenvalue weighted by Gasteiger charge is -2.12. The lowest BCUT2D eigenvalue weighted by molar-refractivity contribution is 0.579. The zero-order valence-electron chi connectivity index (χ0n) is 11.3. The molecule has 20 heavy (non-hydrogen) atoms. The molecule has 0 unspecified atom stereocenters. The third kappa shape index (κ3) is 3.14. The second-order valence-corrected chi connectivity index (χ2v) is 6.27. The quantitative estimate of drug-likeness (QED) is 0.696. The van der Waals surface area contributed by atoms with Gasteiger partial charge < -0.3 is 5.73 Å². The number of aromatic nitrogens is 3. The van der Waals surface area contributed by atoms with Crippen LogP contribution in [0, 0.1) is 13.8 Å². The van der Waals surface area contributed by atoms with Gasteiger partial charge in [0.15, 0.2) is 0 Å². The van der Waals surface area contributed by atoms with Crippen molar-refractivity contribution >= 4 is 15.7 Å². The van der Waals surface area contributed by atoms with Crippen molar-refractivity contribution < 1.29 is 8.42 Å². The molecular formula is C12H17N5O2S. The van der Waals surface area contributed by atoms with Crippen molar-refractivity contribution in [1.82, 2.24) is 19.9 Å². The summed E-state index contributed by atoms with van der Waals surface area (Å²) in [5.41, 5.74) is 7.53. The van der Waals surface area contributed by atoms with Gasteiger partial charge in [0.25, 0.3) is 0 Å². The van der Waals surface area contributed by atoms with Crippen LogP contribution in [0.3, 0.4) is 0 Å². The fourth-order valence-corrected chi connectivity index (χ4v) is 3.62. The number of sulfonamides is 1. The van der Waals surface area contributed by atoms with E-state index < -0.39 is 10.0 Å². The Morgan fingerprint density at radius 2 is 1.95 bits per heavy atom. The molecule has 0 atom stereocenters. The van der Waals surface area contributed by atoms with E-state index >= 15 is 0 Å². The first-order chi connectivity index (χ1) is 9.40. The van der Waals surface area contributed by atoms with Crippen LogP contribution < -0.4 is 10.5 Å². The lowest BCUT2D eigenvalue weighted by Crippen LogP contribution is -2.27. The number of hydrogen-bond donors (Lipinski definition) is 3. The molecule has 2 aromatic rings. The average molecular weight is 295 g/mol. The van der Waals surface area contributed by atoms with Crippen LogP contribution in [-0.2, 0) is 16.4 Å². The maximum atomic E-state index is 12.3. The summed E-state index contributed by atoms with van der Waals surface area (Å²) in [6.45, 7) is 3.71. The van der Waals surface area contributed by atoms with Crippen molar-refractivity contribution in [1.29, 1.82) is 0 Å². The maximum absolute atomic E-state index is 12.3. The van der Waals surface area contributed by atoms with E-state index in [1.807, 2.05) is 0 Å². The van der Waals surface area contributed by atoms with Gasteiger partial charge >= 0.3 is 0 Å². The van der Waals surface area contributed by atoms with Crippen LogP contribution in [0.5, 0.6) is 0 Å². The van der Waals surface area contributed by atoms with Gasteiger partial charge in [-0.1, -0.05) is 0 Å². The molecule has 0 fully saturated rings. The highest BCUT2D eigenvalue weighted by atomic mass is 32.2. The largest absolute Gasteiger partial charge is 0.399 e. The Hall–Kier alpha value is -1.93.